The summed E-state index contributed by atoms with van der Waals surface area (Å²) in [5.74, 6) is 0.508. The minimum Gasteiger partial charge on any atom is -0.327 e. The molecule has 2 aromatic rings. The van der Waals surface area contributed by atoms with Crippen LogP contribution in [0, 0.1) is 5.82 Å². The monoisotopic (exact) mass is 235 g/mol. The minimum atomic E-state index is -0.278. The van der Waals surface area contributed by atoms with Gasteiger partial charge in [0.05, 0.1) is 11.6 Å². The van der Waals surface area contributed by atoms with E-state index in [1.807, 2.05) is 17.6 Å². The number of imidazole rings is 1. The quantitative estimate of drug-likeness (QED) is 0.885. The Kier molecular flexibility index (Phi) is 3.43. The summed E-state index contributed by atoms with van der Waals surface area (Å²) in [7, 11) is 0. The highest BCUT2D eigenvalue weighted by Crippen LogP contribution is 2.23. The number of hydrogen-bond donors (Lipinski definition) is 1. The first-order chi connectivity index (χ1) is 8.19. The van der Waals surface area contributed by atoms with Gasteiger partial charge < -0.3 is 10.3 Å². The predicted molar refractivity (Wildman–Crippen MR) is 67.2 cm³/mol. The molecular formula is C13H18FN3. The third-order valence-corrected chi connectivity index (χ3v) is 3.01. The number of halogens is 1. The zero-order valence-corrected chi connectivity index (χ0v) is 10.3. The van der Waals surface area contributed by atoms with E-state index in [2.05, 4.69) is 11.9 Å². The molecule has 2 rings (SSSR count). The molecule has 4 heteroatoms. The fourth-order valence-corrected chi connectivity index (χ4v) is 2.19. The molecule has 0 fully saturated rings. The highest BCUT2D eigenvalue weighted by atomic mass is 19.1. The Morgan fingerprint density at radius 2 is 2.18 bits per heavy atom. The number of nitrogens with two attached hydrogens (primary N) is 1. The van der Waals surface area contributed by atoms with Crippen molar-refractivity contribution in [2.24, 2.45) is 5.73 Å². The van der Waals surface area contributed by atoms with Gasteiger partial charge in [0, 0.05) is 6.54 Å². The number of para-hydroxylation sites is 1. The summed E-state index contributed by atoms with van der Waals surface area (Å²) in [4.78, 5) is 4.36. The molecule has 1 aromatic heterocycles. The maximum absolute atomic E-state index is 13.6. The Balaban J connectivity index is 2.59. The van der Waals surface area contributed by atoms with Gasteiger partial charge >= 0.3 is 0 Å². The second kappa shape index (κ2) is 4.84. The summed E-state index contributed by atoms with van der Waals surface area (Å²) in [6.45, 7) is 4.86. The van der Waals surface area contributed by atoms with Crippen LogP contribution in [0.15, 0.2) is 18.2 Å². The van der Waals surface area contributed by atoms with Gasteiger partial charge in [-0.3, -0.25) is 0 Å². The Morgan fingerprint density at radius 1 is 1.41 bits per heavy atom. The lowest BCUT2D eigenvalue weighted by Crippen LogP contribution is -2.16. The van der Waals surface area contributed by atoms with Crippen LogP contribution < -0.4 is 5.73 Å². The van der Waals surface area contributed by atoms with Crippen LogP contribution >= 0.6 is 0 Å². The van der Waals surface area contributed by atoms with Crippen molar-refractivity contribution in [3.8, 4) is 0 Å². The van der Waals surface area contributed by atoms with Crippen LogP contribution in [0.2, 0.25) is 0 Å². The van der Waals surface area contributed by atoms with Crippen molar-refractivity contribution in [3.63, 3.8) is 0 Å². The number of rotatable bonds is 4. The summed E-state index contributed by atoms with van der Waals surface area (Å²) < 4.78 is 15.6. The number of nitrogens with zero attached hydrogens (tertiary/aromatic N) is 2. The van der Waals surface area contributed by atoms with Gasteiger partial charge in [-0.15, -0.1) is 0 Å². The van der Waals surface area contributed by atoms with Crippen molar-refractivity contribution in [1.29, 1.82) is 0 Å². The number of fused-ring (bicyclic) bond motifs is 1. The summed E-state index contributed by atoms with van der Waals surface area (Å²) in [5.41, 5.74) is 7.34. The summed E-state index contributed by atoms with van der Waals surface area (Å²) in [6.07, 6.45) is 1.86. The van der Waals surface area contributed by atoms with E-state index < -0.39 is 0 Å². The van der Waals surface area contributed by atoms with Gasteiger partial charge in [0.15, 0.2) is 5.82 Å². The molecular weight excluding hydrogens is 217 g/mol. The van der Waals surface area contributed by atoms with E-state index in [1.54, 1.807) is 6.07 Å². The molecule has 1 aromatic carbocycles. The van der Waals surface area contributed by atoms with Gasteiger partial charge in [0.25, 0.3) is 0 Å². The van der Waals surface area contributed by atoms with Crippen LogP contribution in [0.1, 0.15) is 38.6 Å². The van der Waals surface area contributed by atoms with Crippen molar-refractivity contribution < 1.29 is 4.39 Å². The van der Waals surface area contributed by atoms with Gasteiger partial charge in [-0.25, -0.2) is 9.37 Å². The number of aromatic nitrogens is 2. The zero-order chi connectivity index (χ0) is 12.4. The maximum Gasteiger partial charge on any atom is 0.151 e. The third kappa shape index (κ3) is 2.05. The second-order valence-corrected chi connectivity index (χ2v) is 4.22. The van der Waals surface area contributed by atoms with Gasteiger partial charge in [0.1, 0.15) is 11.3 Å². The zero-order valence-electron chi connectivity index (χ0n) is 10.3. The van der Waals surface area contributed by atoms with Gasteiger partial charge in [-0.2, -0.15) is 0 Å². The van der Waals surface area contributed by atoms with Crippen molar-refractivity contribution in [2.45, 2.75) is 39.3 Å². The van der Waals surface area contributed by atoms with E-state index in [1.165, 1.54) is 6.07 Å². The fraction of sp³-hybridized carbons (Fsp3) is 0.462. The van der Waals surface area contributed by atoms with Crippen LogP contribution in [-0.4, -0.2) is 9.55 Å². The van der Waals surface area contributed by atoms with Crippen LogP contribution in [0.5, 0.6) is 0 Å². The normalized spacial score (nSPS) is 13.2. The fourth-order valence-electron chi connectivity index (χ4n) is 2.19. The molecule has 0 amide bonds. The Morgan fingerprint density at radius 3 is 2.82 bits per heavy atom. The van der Waals surface area contributed by atoms with E-state index in [0.29, 0.717) is 5.52 Å². The van der Waals surface area contributed by atoms with Crippen molar-refractivity contribution in [3.05, 3.63) is 29.8 Å². The molecule has 2 N–H and O–H groups in total. The standard InChI is InChI=1S/C13H18FN3/c1-3-6-10(15)13-16-12-9(14)7-5-8-11(12)17(13)4-2/h5,7-8,10H,3-4,6,15H2,1-2H3. The molecule has 0 aliphatic rings. The third-order valence-electron chi connectivity index (χ3n) is 3.01. The van der Waals surface area contributed by atoms with Crippen molar-refractivity contribution in [1.82, 2.24) is 9.55 Å². The lowest BCUT2D eigenvalue weighted by molar-refractivity contribution is 0.566. The molecule has 3 nitrogen and oxygen atoms in total. The molecule has 92 valence electrons. The lowest BCUT2D eigenvalue weighted by atomic mass is 10.2. The van der Waals surface area contributed by atoms with E-state index in [9.17, 15) is 4.39 Å². The van der Waals surface area contributed by atoms with E-state index in [0.717, 1.165) is 30.7 Å². The number of aryl methyl sites for hydroxylation is 1. The predicted octanol–water partition coefficient (Wildman–Crippen LogP) is 3.00. The number of hydrogen-bond acceptors (Lipinski definition) is 2. The molecule has 1 unspecified atom stereocenters. The summed E-state index contributed by atoms with van der Waals surface area (Å²) in [6, 6.07) is 4.91. The summed E-state index contributed by atoms with van der Waals surface area (Å²) >= 11 is 0. The summed E-state index contributed by atoms with van der Waals surface area (Å²) in [5, 5.41) is 0. The highest BCUT2D eigenvalue weighted by Gasteiger charge is 2.17. The first-order valence-corrected chi connectivity index (χ1v) is 6.09. The molecule has 1 atom stereocenters. The average Bonchev–Trinajstić information content (AvgIpc) is 2.69. The van der Waals surface area contributed by atoms with E-state index in [-0.39, 0.29) is 11.9 Å². The number of benzene rings is 1. The molecule has 0 aliphatic carbocycles. The van der Waals surface area contributed by atoms with Gasteiger partial charge in [-0.1, -0.05) is 19.4 Å². The molecule has 0 saturated heterocycles. The lowest BCUT2D eigenvalue weighted by Gasteiger charge is -2.12. The molecule has 0 spiro atoms. The maximum atomic E-state index is 13.6. The largest absolute Gasteiger partial charge is 0.327 e. The highest BCUT2D eigenvalue weighted by molar-refractivity contribution is 5.76. The van der Waals surface area contributed by atoms with Gasteiger partial charge in [-0.05, 0) is 25.5 Å². The van der Waals surface area contributed by atoms with Crippen LogP contribution in [0.25, 0.3) is 11.0 Å². The van der Waals surface area contributed by atoms with Crippen LogP contribution in [0.4, 0.5) is 4.39 Å². The Hall–Kier alpha value is -1.42. The molecule has 1 heterocycles. The van der Waals surface area contributed by atoms with E-state index >= 15 is 0 Å². The molecule has 0 bridgehead atoms. The molecule has 0 radical (unpaired) electrons. The van der Waals surface area contributed by atoms with E-state index in [4.69, 9.17) is 5.73 Å². The Labute approximate surface area is 100 Å². The van der Waals surface area contributed by atoms with Crippen LogP contribution in [-0.2, 0) is 6.54 Å². The van der Waals surface area contributed by atoms with Gasteiger partial charge in [0.2, 0.25) is 0 Å². The molecule has 0 aliphatic heterocycles. The smallest absolute Gasteiger partial charge is 0.151 e. The van der Waals surface area contributed by atoms with Crippen molar-refractivity contribution in [2.75, 3.05) is 0 Å². The molecule has 0 saturated carbocycles. The first kappa shape index (κ1) is 12.0. The topological polar surface area (TPSA) is 43.8 Å². The van der Waals surface area contributed by atoms with Crippen molar-refractivity contribution >= 4 is 11.0 Å². The Bertz CT molecular complexity index is 519. The van der Waals surface area contributed by atoms with Crippen LogP contribution in [0.3, 0.4) is 0 Å². The second-order valence-electron chi connectivity index (χ2n) is 4.22. The average molecular weight is 235 g/mol. The minimum absolute atomic E-state index is 0.119. The molecule has 17 heavy (non-hydrogen) atoms. The SMILES string of the molecule is CCCC(N)c1nc2c(F)cccc2n1CC. The first-order valence-electron chi connectivity index (χ1n) is 6.09.